The molecule has 10 heavy (non-hydrogen) atoms. The average Bonchev–Trinajstić information content (AvgIpc) is 1.90. The molecule has 0 radical (unpaired) electrons. The second-order valence-electron chi connectivity index (χ2n) is 1.53. The Bertz CT molecular complexity index is 81.1. The molecule has 60 valence electrons. The van der Waals surface area contributed by atoms with Gasteiger partial charge in [-0.15, -0.1) is 0 Å². The standard InChI is InChI=1S/C6H13NO3/c1-3-9-6(7-5-8)10-4-2/h5-6H,3-4H2,1-2H3,(H,7,8). The molecule has 0 aliphatic heterocycles. The Morgan fingerprint density at radius 2 is 1.90 bits per heavy atom. The highest BCUT2D eigenvalue weighted by Gasteiger charge is 2.02. The molecule has 1 N–H and O–H groups in total. The predicted molar refractivity (Wildman–Crippen MR) is 36.2 cm³/mol. The van der Waals surface area contributed by atoms with Crippen LogP contribution in [0, 0.1) is 0 Å². The van der Waals surface area contributed by atoms with Crippen molar-refractivity contribution in [3.8, 4) is 0 Å². The van der Waals surface area contributed by atoms with Crippen molar-refractivity contribution in [2.75, 3.05) is 13.2 Å². The lowest BCUT2D eigenvalue weighted by Crippen LogP contribution is -2.33. The molecule has 0 saturated heterocycles. The highest BCUT2D eigenvalue weighted by atomic mass is 16.7. The van der Waals surface area contributed by atoms with E-state index in [9.17, 15) is 4.79 Å². The molecule has 0 bridgehead atoms. The van der Waals surface area contributed by atoms with Crippen LogP contribution in [0.2, 0.25) is 0 Å². The molecular weight excluding hydrogens is 134 g/mol. The van der Waals surface area contributed by atoms with Gasteiger partial charge in [0.2, 0.25) is 12.8 Å². The zero-order chi connectivity index (χ0) is 7.82. The first-order valence-corrected chi connectivity index (χ1v) is 3.28. The summed E-state index contributed by atoms with van der Waals surface area (Å²) in [5.74, 6) is 0. The van der Waals surface area contributed by atoms with Crippen LogP contribution in [0.1, 0.15) is 13.8 Å². The smallest absolute Gasteiger partial charge is 0.239 e. The summed E-state index contributed by atoms with van der Waals surface area (Å²) in [6.07, 6.45) is -0.0387. The van der Waals surface area contributed by atoms with Gasteiger partial charge >= 0.3 is 0 Å². The number of ether oxygens (including phenoxy) is 2. The molecule has 0 aromatic rings. The van der Waals surface area contributed by atoms with Crippen LogP contribution in [0.3, 0.4) is 0 Å². The first-order chi connectivity index (χ1) is 4.85. The van der Waals surface area contributed by atoms with Gasteiger partial charge in [-0.2, -0.15) is 0 Å². The van der Waals surface area contributed by atoms with E-state index in [1.165, 1.54) is 0 Å². The molecule has 4 nitrogen and oxygen atoms in total. The van der Waals surface area contributed by atoms with Crippen LogP contribution >= 0.6 is 0 Å². The highest BCUT2D eigenvalue weighted by molar-refractivity contribution is 5.45. The van der Waals surface area contributed by atoms with Crippen molar-refractivity contribution in [2.24, 2.45) is 0 Å². The summed E-state index contributed by atoms with van der Waals surface area (Å²) < 4.78 is 9.92. The summed E-state index contributed by atoms with van der Waals surface area (Å²) >= 11 is 0. The van der Waals surface area contributed by atoms with E-state index in [0.717, 1.165) is 0 Å². The lowest BCUT2D eigenvalue weighted by molar-refractivity contribution is -0.159. The van der Waals surface area contributed by atoms with E-state index in [4.69, 9.17) is 9.47 Å². The molecule has 0 aromatic heterocycles. The van der Waals surface area contributed by atoms with Crippen molar-refractivity contribution in [3.05, 3.63) is 0 Å². The summed E-state index contributed by atoms with van der Waals surface area (Å²) in [5, 5.41) is 2.36. The Kier molecular flexibility index (Phi) is 6.11. The topological polar surface area (TPSA) is 47.6 Å². The van der Waals surface area contributed by atoms with E-state index < -0.39 is 6.41 Å². The molecule has 4 heteroatoms. The van der Waals surface area contributed by atoms with Crippen molar-refractivity contribution < 1.29 is 14.3 Å². The Morgan fingerprint density at radius 1 is 1.40 bits per heavy atom. The van der Waals surface area contributed by atoms with Crippen LogP contribution in [0.5, 0.6) is 0 Å². The first-order valence-electron chi connectivity index (χ1n) is 3.28. The van der Waals surface area contributed by atoms with Crippen LogP contribution in [0.4, 0.5) is 0 Å². The molecule has 0 rings (SSSR count). The molecule has 0 fully saturated rings. The number of amides is 1. The van der Waals surface area contributed by atoms with Gasteiger partial charge in [0.05, 0.1) is 0 Å². The van der Waals surface area contributed by atoms with Crippen LogP contribution in [-0.2, 0) is 14.3 Å². The number of hydrogen-bond donors (Lipinski definition) is 1. The number of hydrogen-bond acceptors (Lipinski definition) is 3. The fourth-order valence-electron chi connectivity index (χ4n) is 0.503. The minimum absolute atomic E-state index is 0.519. The van der Waals surface area contributed by atoms with Gasteiger partial charge in [-0.05, 0) is 13.8 Å². The van der Waals surface area contributed by atoms with Crippen molar-refractivity contribution in [3.63, 3.8) is 0 Å². The number of rotatable bonds is 6. The molecule has 0 aromatic carbocycles. The second kappa shape index (κ2) is 6.51. The Hall–Kier alpha value is -0.610. The van der Waals surface area contributed by atoms with Gasteiger partial charge in [-0.25, -0.2) is 0 Å². The number of carbonyl (C=O) groups is 1. The van der Waals surface area contributed by atoms with Crippen LogP contribution in [0.25, 0.3) is 0 Å². The quantitative estimate of drug-likeness (QED) is 0.428. The van der Waals surface area contributed by atoms with E-state index in [0.29, 0.717) is 19.6 Å². The second-order valence-corrected chi connectivity index (χ2v) is 1.53. The molecule has 1 amide bonds. The molecule has 0 saturated carbocycles. The first kappa shape index (κ1) is 9.39. The fraction of sp³-hybridized carbons (Fsp3) is 0.833. The Morgan fingerprint density at radius 3 is 2.20 bits per heavy atom. The Labute approximate surface area is 60.5 Å². The highest BCUT2D eigenvalue weighted by Crippen LogP contribution is 1.87. The van der Waals surface area contributed by atoms with Crippen LogP contribution < -0.4 is 5.32 Å². The molecule has 0 spiro atoms. The third-order valence-electron chi connectivity index (χ3n) is 0.840. The lowest BCUT2D eigenvalue weighted by Gasteiger charge is -2.14. The van der Waals surface area contributed by atoms with E-state index in [1.54, 1.807) is 0 Å². The third kappa shape index (κ3) is 4.29. The van der Waals surface area contributed by atoms with Crippen LogP contribution in [-0.4, -0.2) is 26.0 Å². The van der Waals surface area contributed by atoms with Gasteiger partial charge in [0.15, 0.2) is 0 Å². The minimum Gasteiger partial charge on any atom is -0.336 e. The van der Waals surface area contributed by atoms with Gasteiger partial charge in [-0.3, -0.25) is 4.79 Å². The number of nitrogens with one attached hydrogen (secondary N) is 1. The van der Waals surface area contributed by atoms with E-state index in [-0.39, 0.29) is 0 Å². The summed E-state index contributed by atoms with van der Waals surface area (Å²) in [7, 11) is 0. The van der Waals surface area contributed by atoms with E-state index in [1.807, 2.05) is 13.8 Å². The van der Waals surface area contributed by atoms with Crippen molar-refractivity contribution in [1.29, 1.82) is 0 Å². The summed E-state index contributed by atoms with van der Waals surface area (Å²) in [5.41, 5.74) is 0. The van der Waals surface area contributed by atoms with Gasteiger partial charge in [0.25, 0.3) is 0 Å². The van der Waals surface area contributed by atoms with Crippen LogP contribution in [0.15, 0.2) is 0 Å². The molecule has 0 unspecified atom stereocenters. The van der Waals surface area contributed by atoms with Crippen molar-refractivity contribution in [1.82, 2.24) is 5.32 Å². The zero-order valence-electron chi connectivity index (χ0n) is 6.29. The SMILES string of the molecule is CCOC(NC=O)OCC. The maximum atomic E-state index is 9.89. The molecular formula is C6H13NO3. The van der Waals surface area contributed by atoms with Gasteiger partial charge in [0, 0.05) is 13.2 Å². The van der Waals surface area contributed by atoms with Crippen molar-refractivity contribution >= 4 is 6.41 Å². The molecule has 0 atom stereocenters. The van der Waals surface area contributed by atoms with Gasteiger partial charge < -0.3 is 14.8 Å². The summed E-state index contributed by atoms with van der Waals surface area (Å²) in [6.45, 7) is 4.70. The third-order valence-corrected chi connectivity index (χ3v) is 0.840. The number of carbonyl (C=O) groups excluding carboxylic acids is 1. The largest absolute Gasteiger partial charge is 0.336 e. The monoisotopic (exact) mass is 147 g/mol. The average molecular weight is 147 g/mol. The maximum absolute atomic E-state index is 9.89. The van der Waals surface area contributed by atoms with E-state index >= 15 is 0 Å². The maximum Gasteiger partial charge on any atom is 0.239 e. The molecule has 0 aliphatic rings. The zero-order valence-corrected chi connectivity index (χ0v) is 6.29. The Balaban J connectivity index is 3.38. The fourth-order valence-corrected chi connectivity index (χ4v) is 0.503. The summed E-state index contributed by atoms with van der Waals surface area (Å²) in [6, 6.07) is 0. The summed E-state index contributed by atoms with van der Waals surface area (Å²) in [4.78, 5) is 9.89. The van der Waals surface area contributed by atoms with Gasteiger partial charge in [0.1, 0.15) is 0 Å². The predicted octanol–water partition coefficient (Wildman–Crippen LogP) is 0.0890. The molecule has 0 heterocycles. The van der Waals surface area contributed by atoms with E-state index in [2.05, 4.69) is 5.32 Å². The van der Waals surface area contributed by atoms with Crippen molar-refractivity contribution in [2.45, 2.75) is 20.3 Å². The normalized spacial score (nSPS) is 9.90. The van der Waals surface area contributed by atoms with Gasteiger partial charge in [-0.1, -0.05) is 0 Å². The lowest BCUT2D eigenvalue weighted by atomic mass is 10.8. The minimum atomic E-state index is -0.590. The molecule has 0 aliphatic carbocycles.